The molecule has 1 aromatic carbocycles. The van der Waals surface area contributed by atoms with E-state index in [1.54, 1.807) is 6.07 Å². The second-order valence-corrected chi connectivity index (χ2v) is 5.17. The molecular formula is C14H13NO3S. The highest BCUT2D eigenvalue weighted by Gasteiger charge is 2.15. The molecule has 1 aromatic heterocycles. The van der Waals surface area contributed by atoms with Crippen LogP contribution in [-0.4, -0.2) is 22.0 Å². The van der Waals surface area contributed by atoms with E-state index in [1.807, 2.05) is 24.3 Å². The number of oxime groups is 1. The molecule has 0 fully saturated rings. The van der Waals surface area contributed by atoms with Crippen LogP contribution in [-0.2, 0) is 17.6 Å². The third kappa shape index (κ3) is 3.42. The zero-order valence-electron chi connectivity index (χ0n) is 10.1. The van der Waals surface area contributed by atoms with Gasteiger partial charge < -0.3 is 10.3 Å². The molecule has 0 atom stereocenters. The molecule has 0 amide bonds. The summed E-state index contributed by atoms with van der Waals surface area (Å²) in [4.78, 5) is 12.4. The van der Waals surface area contributed by atoms with E-state index in [0.717, 1.165) is 17.7 Å². The van der Waals surface area contributed by atoms with Crippen molar-refractivity contribution in [2.75, 3.05) is 0 Å². The third-order valence-electron chi connectivity index (χ3n) is 2.70. The van der Waals surface area contributed by atoms with Crippen LogP contribution in [0.5, 0.6) is 0 Å². The van der Waals surface area contributed by atoms with Crippen LogP contribution in [0.3, 0.4) is 0 Å². The fraction of sp³-hybridized carbons (Fsp3) is 0.143. The number of aliphatic carboxylic acids is 1. The van der Waals surface area contributed by atoms with Gasteiger partial charge in [0.25, 0.3) is 0 Å². The van der Waals surface area contributed by atoms with Gasteiger partial charge >= 0.3 is 5.97 Å². The Hall–Kier alpha value is -2.14. The summed E-state index contributed by atoms with van der Waals surface area (Å²) in [6, 6.07) is 13.6. The number of benzene rings is 1. The van der Waals surface area contributed by atoms with Crippen molar-refractivity contribution in [2.45, 2.75) is 12.8 Å². The van der Waals surface area contributed by atoms with Crippen molar-refractivity contribution in [3.05, 3.63) is 57.8 Å². The van der Waals surface area contributed by atoms with Gasteiger partial charge in [-0.1, -0.05) is 35.5 Å². The quantitative estimate of drug-likeness (QED) is 0.501. The van der Waals surface area contributed by atoms with Gasteiger partial charge in [-0.25, -0.2) is 4.79 Å². The first kappa shape index (κ1) is 13.3. The van der Waals surface area contributed by atoms with Gasteiger partial charge in [0.15, 0.2) is 0 Å². The van der Waals surface area contributed by atoms with Gasteiger partial charge in [0.05, 0.1) is 4.88 Å². The monoisotopic (exact) mass is 275 g/mol. The average Bonchev–Trinajstić information content (AvgIpc) is 2.87. The van der Waals surface area contributed by atoms with E-state index in [4.69, 9.17) is 10.3 Å². The molecule has 2 aromatic rings. The molecule has 0 spiro atoms. The van der Waals surface area contributed by atoms with Crippen molar-refractivity contribution in [2.24, 2.45) is 5.16 Å². The first-order valence-corrected chi connectivity index (χ1v) is 6.60. The van der Waals surface area contributed by atoms with Gasteiger partial charge in [-0.15, -0.1) is 11.3 Å². The van der Waals surface area contributed by atoms with Crippen LogP contribution in [0.15, 0.2) is 47.6 Å². The van der Waals surface area contributed by atoms with Crippen LogP contribution in [0.25, 0.3) is 0 Å². The van der Waals surface area contributed by atoms with Crippen LogP contribution >= 0.6 is 11.3 Å². The van der Waals surface area contributed by atoms with Gasteiger partial charge in [0, 0.05) is 4.88 Å². The lowest BCUT2D eigenvalue weighted by molar-refractivity contribution is -0.129. The highest BCUT2D eigenvalue weighted by molar-refractivity contribution is 7.14. The Bertz CT molecular complexity index is 590. The summed E-state index contributed by atoms with van der Waals surface area (Å²) in [6.45, 7) is 0. The normalized spacial score (nSPS) is 11.5. The number of nitrogens with zero attached hydrogens (tertiary/aromatic N) is 1. The van der Waals surface area contributed by atoms with E-state index in [9.17, 15) is 4.79 Å². The molecule has 0 saturated heterocycles. The van der Waals surface area contributed by atoms with Gasteiger partial charge in [-0.3, -0.25) is 0 Å². The molecule has 19 heavy (non-hydrogen) atoms. The fourth-order valence-electron chi connectivity index (χ4n) is 1.75. The predicted octanol–water partition coefficient (Wildman–Crippen LogP) is 2.80. The predicted molar refractivity (Wildman–Crippen MR) is 74.1 cm³/mol. The number of hydrogen-bond acceptors (Lipinski definition) is 4. The molecule has 0 aliphatic carbocycles. The standard InChI is InChI=1S/C14H13NO3S/c16-14(17)13(15-18)12-9-8-11(19-12)7-6-10-4-2-1-3-5-10/h1-5,8-9,18H,6-7H2,(H,16,17)/b15-13-. The molecular weight excluding hydrogens is 262 g/mol. The van der Waals surface area contributed by atoms with E-state index in [-0.39, 0.29) is 5.71 Å². The number of rotatable bonds is 5. The zero-order valence-corrected chi connectivity index (χ0v) is 10.9. The summed E-state index contributed by atoms with van der Waals surface area (Å²) >= 11 is 1.34. The Labute approximate surface area is 114 Å². The summed E-state index contributed by atoms with van der Waals surface area (Å²) < 4.78 is 0. The van der Waals surface area contributed by atoms with E-state index in [2.05, 4.69) is 17.3 Å². The van der Waals surface area contributed by atoms with Crippen molar-refractivity contribution in [3.63, 3.8) is 0 Å². The Balaban J connectivity index is 2.04. The van der Waals surface area contributed by atoms with Gasteiger partial charge in [-0.05, 0) is 30.5 Å². The van der Waals surface area contributed by atoms with Gasteiger partial charge in [-0.2, -0.15) is 0 Å². The number of aryl methyl sites for hydroxylation is 2. The topological polar surface area (TPSA) is 69.9 Å². The number of carboxylic acids is 1. The van der Waals surface area contributed by atoms with Crippen molar-refractivity contribution < 1.29 is 15.1 Å². The largest absolute Gasteiger partial charge is 0.476 e. The maximum atomic E-state index is 10.8. The average molecular weight is 275 g/mol. The fourth-order valence-corrected chi connectivity index (χ4v) is 2.73. The molecule has 98 valence electrons. The minimum atomic E-state index is -1.22. The minimum Gasteiger partial charge on any atom is -0.476 e. The van der Waals surface area contributed by atoms with E-state index >= 15 is 0 Å². The molecule has 0 unspecified atom stereocenters. The third-order valence-corrected chi connectivity index (χ3v) is 3.85. The second kappa shape index (κ2) is 6.15. The maximum absolute atomic E-state index is 10.8. The molecule has 0 bridgehead atoms. The van der Waals surface area contributed by atoms with Crippen molar-refractivity contribution in [1.82, 2.24) is 0 Å². The Morgan fingerprint density at radius 3 is 2.47 bits per heavy atom. The van der Waals surface area contributed by atoms with E-state index in [1.165, 1.54) is 16.9 Å². The molecule has 0 radical (unpaired) electrons. The Morgan fingerprint density at radius 2 is 1.84 bits per heavy atom. The molecule has 4 nitrogen and oxygen atoms in total. The lowest BCUT2D eigenvalue weighted by Gasteiger charge is -1.98. The summed E-state index contributed by atoms with van der Waals surface area (Å²) in [5, 5.41) is 20.4. The first-order valence-electron chi connectivity index (χ1n) is 5.79. The zero-order chi connectivity index (χ0) is 13.7. The highest BCUT2D eigenvalue weighted by Crippen LogP contribution is 2.19. The second-order valence-electron chi connectivity index (χ2n) is 4.01. The molecule has 2 rings (SSSR count). The van der Waals surface area contributed by atoms with Gasteiger partial charge in [0.1, 0.15) is 0 Å². The van der Waals surface area contributed by atoms with Crippen LogP contribution < -0.4 is 0 Å². The van der Waals surface area contributed by atoms with E-state index in [0.29, 0.717) is 4.88 Å². The van der Waals surface area contributed by atoms with Crippen LogP contribution in [0, 0.1) is 0 Å². The van der Waals surface area contributed by atoms with Gasteiger partial charge in [0.2, 0.25) is 5.71 Å². The maximum Gasteiger partial charge on any atom is 0.359 e. The van der Waals surface area contributed by atoms with Crippen LogP contribution in [0.4, 0.5) is 0 Å². The van der Waals surface area contributed by atoms with Crippen LogP contribution in [0.2, 0.25) is 0 Å². The number of thiophene rings is 1. The molecule has 0 aliphatic heterocycles. The highest BCUT2D eigenvalue weighted by atomic mass is 32.1. The summed E-state index contributed by atoms with van der Waals surface area (Å²) in [6.07, 6.45) is 1.74. The summed E-state index contributed by atoms with van der Waals surface area (Å²) in [5.41, 5.74) is 0.933. The van der Waals surface area contributed by atoms with Crippen molar-refractivity contribution in [3.8, 4) is 0 Å². The van der Waals surface area contributed by atoms with E-state index < -0.39 is 5.97 Å². The molecule has 0 saturated carbocycles. The summed E-state index contributed by atoms with van der Waals surface area (Å²) in [7, 11) is 0. The SMILES string of the molecule is O=C(O)/C(=N\O)c1ccc(CCc2ccccc2)s1. The smallest absolute Gasteiger partial charge is 0.359 e. The minimum absolute atomic E-state index is 0.309. The molecule has 5 heteroatoms. The Kier molecular flexibility index (Phi) is 4.30. The first-order chi connectivity index (χ1) is 9.20. The summed E-state index contributed by atoms with van der Waals surface area (Å²) in [5.74, 6) is -1.22. The lowest BCUT2D eigenvalue weighted by atomic mass is 10.1. The van der Waals surface area contributed by atoms with Crippen LogP contribution in [0.1, 0.15) is 15.3 Å². The van der Waals surface area contributed by atoms with Crippen molar-refractivity contribution >= 4 is 23.0 Å². The molecule has 0 aliphatic rings. The van der Waals surface area contributed by atoms with Crippen molar-refractivity contribution in [1.29, 1.82) is 0 Å². The number of hydrogen-bond donors (Lipinski definition) is 2. The molecule has 1 heterocycles. The number of carbonyl (C=O) groups is 1. The Morgan fingerprint density at radius 1 is 1.11 bits per heavy atom. The molecule has 2 N–H and O–H groups in total. The lowest BCUT2D eigenvalue weighted by Crippen LogP contribution is -2.12. The number of carboxylic acid groups (broad SMARTS) is 1.